The number of fused-ring (bicyclic) bond motifs is 2. The molecule has 2 saturated carbocycles. The molecule has 3 rings (SSSR count). The summed E-state index contributed by atoms with van der Waals surface area (Å²) in [6.07, 6.45) is 3.20. The van der Waals surface area contributed by atoms with Crippen molar-refractivity contribution in [2.24, 2.45) is 29.1 Å². The number of rotatable bonds is 1. The van der Waals surface area contributed by atoms with Crippen LogP contribution in [0.1, 0.15) is 54.4 Å². The molecule has 0 aromatic heterocycles. The summed E-state index contributed by atoms with van der Waals surface area (Å²) in [7, 11) is 0. The number of hydrogen-bond acceptors (Lipinski definition) is 5. The van der Waals surface area contributed by atoms with E-state index in [0.717, 1.165) is 5.57 Å². The maximum absolute atomic E-state index is 13.5. The summed E-state index contributed by atoms with van der Waals surface area (Å²) < 4.78 is 5.67. The molecular weight excluding hydrogens is 344 g/mol. The summed E-state index contributed by atoms with van der Waals surface area (Å²) in [5, 5.41) is 21.5. The first-order valence-corrected chi connectivity index (χ1v) is 9.89. The van der Waals surface area contributed by atoms with Crippen LogP contribution in [-0.4, -0.2) is 39.8 Å². The van der Waals surface area contributed by atoms with E-state index in [-0.39, 0.29) is 29.5 Å². The topological polar surface area (TPSA) is 83.8 Å². The minimum atomic E-state index is -1.41. The Morgan fingerprint density at radius 3 is 2.41 bits per heavy atom. The first kappa shape index (κ1) is 20.3. The second-order valence-corrected chi connectivity index (χ2v) is 9.48. The molecule has 0 radical (unpaired) electrons. The van der Waals surface area contributed by atoms with Crippen molar-refractivity contribution in [2.45, 2.75) is 72.2 Å². The van der Waals surface area contributed by atoms with Gasteiger partial charge in [-0.3, -0.25) is 9.59 Å². The Hall–Kier alpha value is -1.46. The highest BCUT2D eigenvalue weighted by Crippen LogP contribution is 2.62. The van der Waals surface area contributed by atoms with Crippen LogP contribution in [0.25, 0.3) is 0 Å². The maximum atomic E-state index is 13.5. The summed E-state index contributed by atoms with van der Waals surface area (Å²) in [6, 6.07) is 0. The van der Waals surface area contributed by atoms with E-state index < -0.39 is 29.7 Å². The minimum Gasteiger partial charge on any atom is -0.450 e. The Kier molecular flexibility index (Phi) is 4.92. The Labute approximate surface area is 161 Å². The Morgan fingerprint density at radius 1 is 1.19 bits per heavy atom. The van der Waals surface area contributed by atoms with E-state index in [1.54, 1.807) is 13.0 Å². The zero-order valence-electron chi connectivity index (χ0n) is 17.2. The smallest absolute Gasteiger partial charge is 0.303 e. The summed E-state index contributed by atoms with van der Waals surface area (Å²) in [5.74, 6) is -1.12. The van der Waals surface area contributed by atoms with E-state index in [1.165, 1.54) is 6.92 Å². The van der Waals surface area contributed by atoms with Gasteiger partial charge in [0.2, 0.25) is 5.78 Å². The third kappa shape index (κ3) is 3.19. The van der Waals surface area contributed by atoms with Crippen LogP contribution >= 0.6 is 0 Å². The SMILES string of the molecule is CC(=O)O[C@]12C[C@H](C)[C@H](O)[C@@H]1/C=C(\C)[C@H](O)C[C@@H]1[C@H](/C=C(\C)C2=O)C1(C)C. The first-order valence-electron chi connectivity index (χ1n) is 9.89. The van der Waals surface area contributed by atoms with Crippen LogP contribution < -0.4 is 0 Å². The molecule has 0 bridgehead atoms. The molecule has 5 nitrogen and oxygen atoms in total. The van der Waals surface area contributed by atoms with Gasteiger partial charge < -0.3 is 14.9 Å². The van der Waals surface area contributed by atoms with Gasteiger partial charge in [0.1, 0.15) is 0 Å². The van der Waals surface area contributed by atoms with Crippen molar-refractivity contribution in [2.75, 3.05) is 0 Å². The molecule has 27 heavy (non-hydrogen) atoms. The number of carbonyl (C=O) groups excluding carboxylic acids is 2. The quantitative estimate of drug-likeness (QED) is 0.543. The molecular formula is C22H32O5. The highest BCUT2D eigenvalue weighted by molar-refractivity contribution is 6.03. The molecule has 0 spiro atoms. The molecule has 0 aromatic carbocycles. The first-order chi connectivity index (χ1) is 12.4. The molecule has 3 aliphatic carbocycles. The predicted molar refractivity (Wildman–Crippen MR) is 102 cm³/mol. The number of esters is 1. The van der Waals surface area contributed by atoms with Crippen LogP contribution in [0.15, 0.2) is 23.3 Å². The average molecular weight is 376 g/mol. The highest BCUT2D eigenvalue weighted by atomic mass is 16.6. The number of allylic oxidation sites excluding steroid dienone is 1. The zero-order chi connectivity index (χ0) is 20.3. The van der Waals surface area contributed by atoms with E-state index in [1.807, 2.05) is 19.9 Å². The van der Waals surface area contributed by atoms with Crippen LogP contribution in [0.5, 0.6) is 0 Å². The molecule has 3 aliphatic rings. The summed E-state index contributed by atoms with van der Waals surface area (Å²) in [5.41, 5.74) is -0.0899. The molecule has 5 heteroatoms. The second-order valence-electron chi connectivity index (χ2n) is 9.48. The van der Waals surface area contributed by atoms with Gasteiger partial charge in [0.05, 0.1) is 18.1 Å². The Morgan fingerprint density at radius 2 is 1.81 bits per heavy atom. The summed E-state index contributed by atoms with van der Waals surface area (Å²) in [4.78, 5) is 25.4. The molecule has 0 aliphatic heterocycles. The number of aliphatic hydroxyl groups is 2. The molecule has 0 saturated heterocycles. The highest BCUT2D eigenvalue weighted by Gasteiger charge is 2.60. The second kappa shape index (κ2) is 6.56. The maximum Gasteiger partial charge on any atom is 0.303 e. The normalized spacial score (nSPS) is 47.5. The van der Waals surface area contributed by atoms with Crippen LogP contribution in [0.3, 0.4) is 0 Å². The number of Topliss-reactive ketones (excluding diaryl/α,β-unsaturated/α-hetero) is 1. The van der Waals surface area contributed by atoms with Gasteiger partial charge >= 0.3 is 5.97 Å². The van der Waals surface area contributed by atoms with Gasteiger partial charge in [-0.15, -0.1) is 0 Å². The molecule has 0 heterocycles. The van der Waals surface area contributed by atoms with Gasteiger partial charge in [-0.25, -0.2) is 0 Å². The molecule has 0 unspecified atom stereocenters. The lowest BCUT2D eigenvalue weighted by molar-refractivity contribution is -0.168. The third-order valence-corrected chi connectivity index (χ3v) is 7.20. The van der Waals surface area contributed by atoms with E-state index in [0.29, 0.717) is 17.9 Å². The summed E-state index contributed by atoms with van der Waals surface area (Å²) in [6.45, 7) is 11.1. The fraction of sp³-hybridized carbons (Fsp3) is 0.727. The standard InChI is InChI=1S/C22H32O5/c1-11-7-17-19(25)13(3)10-22(17,27-14(4)23)20(26)12(2)8-15-16(9-18(11)24)21(15,5)6/h7-8,13,15-19,24-25H,9-10H2,1-6H3/b11-7+,12-8+/t13-,15-,16+,17-,18+,19-,22+/m0/s1. The number of ketones is 1. The van der Waals surface area contributed by atoms with Crippen molar-refractivity contribution in [3.05, 3.63) is 23.3 Å². The van der Waals surface area contributed by atoms with E-state index >= 15 is 0 Å². The lowest BCUT2D eigenvalue weighted by atomic mass is 9.81. The molecule has 0 aromatic rings. The lowest BCUT2D eigenvalue weighted by Gasteiger charge is -2.33. The summed E-state index contributed by atoms with van der Waals surface area (Å²) >= 11 is 0. The van der Waals surface area contributed by atoms with Crippen molar-refractivity contribution in [1.82, 2.24) is 0 Å². The fourth-order valence-corrected chi connectivity index (χ4v) is 5.32. The fourth-order valence-electron chi connectivity index (χ4n) is 5.32. The van der Waals surface area contributed by atoms with Gasteiger partial charge in [-0.05, 0) is 54.6 Å². The number of aliphatic hydroxyl groups excluding tert-OH is 2. The largest absolute Gasteiger partial charge is 0.450 e. The van der Waals surface area contributed by atoms with Crippen molar-refractivity contribution in [3.63, 3.8) is 0 Å². The molecule has 2 fully saturated rings. The van der Waals surface area contributed by atoms with Gasteiger partial charge in [0.25, 0.3) is 0 Å². The molecule has 2 N–H and O–H groups in total. The number of hydrogen-bond donors (Lipinski definition) is 2. The van der Waals surface area contributed by atoms with Gasteiger partial charge in [-0.1, -0.05) is 32.9 Å². The van der Waals surface area contributed by atoms with Crippen LogP contribution in [0.2, 0.25) is 0 Å². The number of carbonyl (C=O) groups is 2. The lowest BCUT2D eigenvalue weighted by Crippen LogP contribution is -2.48. The van der Waals surface area contributed by atoms with E-state index in [9.17, 15) is 19.8 Å². The third-order valence-electron chi connectivity index (χ3n) is 7.20. The predicted octanol–water partition coefficient (Wildman–Crippen LogP) is 2.80. The zero-order valence-corrected chi connectivity index (χ0v) is 17.2. The van der Waals surface area contributed by atoms with E-state index in [4.69, 9.17) is 4.74 Å². The Balaban J connectivity index is 2.15. The monoisotopic (exact) mass is 376 g/mol. The van der Waals surface area contributed by atoms with Crippen molar-refractivity contribution in [3.8, 4) is 0 Å². The molecule has 150 valence electrons. The number of ether oxygens (including phenoxy) is 1. The van der Waals surface area contributed by atoms with Crippen molar-refractivity contribution >= 4 is 11.8 Å². The van der Waals surface area contributed by atoms with E-state index in [2.05, 4.69) is 13.8 Å². The van der Waals surface area contributed by atoms with Crippen LogP contribution in [0.4, 0.5) is 0 Å². The molecule has 7 atom stereocenters. The van der Waals surface area contributed by atoms with Gasteiger partial charge in [0, 0.05) is 13.3 Å². The van der Waals surface area contributed by atoms with Gasteiger partial charge in [-0.2, -0.15) is 0 Å². The van der Waals surface area contributed by atoms with Gasteiger partial charge in [0.15, 0.2) is 5.60 Å². The Bertz CT molecular complexity index is 718. The average Bonchev–Trinajstić information content (AvgIpc) is 2.97. The van der Waals surface area contributed by atoms with Crippen LogP contribution in [0, 0.1) is 29.1 Å². The van der Waals surface area contributed by atoms with Crippen molar-refractivity contribution < 1.29 is 24.5 Å². The molecule has 0 amide bonds. The minimum absolute atomic E-state index is 0.0263. The van der Waals surface area contributed by atoms with Crippen molar-refractivity contribution in [1.29, 1.82) is 0 Å². The van der Waals surface area contributed by atoms with Crippen LogP contribution in [-0.2, 0) is 14.3 Å².